The van der Waals surface area contributed by atoms with Crippen molar-refractivity contribution in [3.63, 3.8) is 0 Å². The van der Waals surface area contributed by atoms with E-state index in [9.17, 15) is 4.79 Å². The molecule has 0 aliphatic heterocycles. The quantitative estimate of drug-likeness (QED) is 0.579. The van der Waals surface area contributed by atoms with Gasteiger partial charge in [-0.25, -0.2) is 9.36 Å². The molecular weight excluding hydrogens is 312 g/mol. The van der Waals surface area contributed by atoms with Gasteiger partial charge in [0, 0.05) is 12.3 Å². The Kier molecular flexibility index (Phi) is 3.74. The monoisotopic (exact) mass is 328 g/mol. The van der Waals surface area contributed by atoms with Gasteiger partial charge in [-0.15, -0.1) is 0 Å². The molecule has 5 nitrogen and oxygen atoms in total. The molecule has 2 aromatic heterocycles. The van der Waals surface area contributed by atoms with Crippen LogP contribution in [0.15, 0.2) is 83.9 Å². The van der Waals surface area contributed by atoms with Crippen molar-refractivity contribution in [1.82, 2.24) is 19.6 Å². The Morgan fingerprint density at radius 1 is 0.840 bits per heavy atom. The summed E-state index contributed by atoms with van der Waals surface area (Å²) in [6, 6.07) is 21.0. The van der Waals surface area contributed by atoms with E-state index >= 15 is 0 Å². The average molecular weight is 328 g/mol. The van der Waals surface area contributed by atoms with E-state index in [1.807, 2.05) is 61.5 Å². The number of hydrogen-bond donors (Lipinski definition) is 0. The van der Waals surface area contributed by atoms with Crippen LogP contribution < -0.4 is 5.43 Å². The molecule has 0 aliphatic rings. The maximum atomic E-state index is 12.4. The SMILES string of the molecule is Cc1ccc(-n2ccc(=O)c(-c3ccnn3-c3ccccc3)n2)cc1. The molecule has 4 aromatic rings. The van der Waals surface area contributed by atoms with Crippen molar-refractivity contribution in [2.75, 3.05) is 0 Å². The minimum absolute atomic E-state index is 0.138. The molecule has 0 aliphatic carbocycles. The van der Waals surface area contributed by atoms with Crippen molar-refractivity contribution in [2.24, 2.45) is 0 Å². The molecule has 122 valence electrons. The van der Waals surface area contributed by atoms with Crippen LogP contribution in [0, 0.1) is 6.92 Å². The highest BCUT2D eigenvalue weighted by atomic mass is 16.1. The standard InChI is InChI=1S/C20H16N4O/c1-15-7-9-16(10-8-15)23-14-12-19(25)20(22-23)18-11-13-21-24(18)17-5-3-2-4-6-17/h2-14H,1H3. The highest BCUT2D eigenvalue weighted by Crippen LogP contribution is 2.18. The molecule has 0 amide bonds. The third-order valence-electron chi connectivity index (χ3n) is 3.99. The molecule has 0 radical (unpaired) electrons. The Morgan fingerprint density at radius 3 is 2.36 bits per heavy atom. The average Bonchev–Trinajstić information content (AvgIpc) is 3.13. The van der Waals surface area contributed by atoms with E-state index < -0.39 is 0 Å². The van der Waals surface area contributed by atoms with E-state index in [4.69, 9.17) is 0 Å². The number of nitrogens with zero attached hydrogens (tertiary/aromatic N) is 4. The molecule has 4 rings (SSSR count). The first kappa shape index (κ1) is 15.1. The topological polar surface area (TPSA) is 52.7 Å². The van der Waals surface area contributed by atoms with Crippen LogP contribution >= 0.6 is 0 Å². The predicted octanol–water partition coefficient (Wildman–Crippen LogP) is 3.39. The van der Waals surface area contributed by atoms with E-state index in [1.54, 1.807) is 27.8 Å². The van der Waals surface area contributed by atoms with Gasteiger partial charge in [0.2, 0.25) is 5.43 Å². The van der Waals surface area contributed by atoms with Gasteiger partial charge in [-0.05, 0) is 37.3 Å². The molecule has 2 aromatic carbocycles. The van der Waals surface area contributed by atoms with Crippen molar-refractivity contribution < 1.29 is 0 Å². The third-order valence-corrected chi connectivity index (χ3v) is 3.99. The second kappa shape index (κ2) is 6.20. The van der Waals surface area contributed by atoms with Crippen LogP contribution in [0.5, 0.6) is 0 Å². The van der Waals surface area contributed by atoms with Gasteiger partial charge in [0.1, 0.15) is 0 Å². The molecule has 5 heteroatoms. The zero-order chi connectivity index (χ0) is 17.2. The first-order chi connectivity index (χ1) is 12.2. The molecular formula is C20H16N4O. The molecule has 0 saturated carbocycles. The zero-order valence-electron chi connectivity index (χ0n) is 13.7. The van der Waals surface area contributed by atoms with Gasteiger partial charge in [-0.2, -0.15) is 10.2 Å². The summed E-state index contributed by atoms with van der Waals surface area (Å²) in [5, 5.41) is 8.89. The van der Waals surface area contributed by atoms with Crippen molar-refractivity contribution in [2.45, 2.75) is 6.92 Å². The number of rotatable bonds is 3. The van der Waals surface area contributed by atoms with Crippen LogP contribution in [-0.4, -0.2) is 19.6 Å². The van der Waals surface area contributed by atoms with Gasteiger partial charge in [0.15, 0.2) is 5.69 Å². The molecule has 0 fully saturated rings. The molecule has 0 atom stereocenters. The van der Waals surface area contributed by atoms with Crippen molar-refractivity contribution in [3.05, 3.63) is 94.9 Å². The summed E-state index contributed by atoms with van der Waals surface area (Å²) in [6.45, 7) is 2.03. The van der Waals surface area contributed by atoms with Gasteiger partial charge in [0.25, 0.3) is 0 Å². The number of aromatic nitrogens is 4. The first-order valence-electron chi connectivity index (χ1n) is 7.99. The largest absolute Gasteiger partial charge is 0.287 e. The second-order valence-corrected chi connectivity index (χ2v) is 5.77. The van der Waals surface area contributed by atoms with Crippen LogP contribution in [0.1, 0.15) is 5.56 Å². The fraction of sp³-hybridized carbons (Fsp3) is 0.0500. The van der Waals surface area contributed by atoms with E-state index in [2.05, 4.69) is 10.2 Å². The van der Waals surface area contributed by atoms with Crippen molar-refractivity contribution in [1.29, 1.82) is 0 Å². The Balaban J connectivity index is 1.85. The number of hydrogen-bond acceptors (Lipinski definition) is 3. The smallest absolute Gasteiger partial charge is 0.209 e. The molecule has 25 heavy (non-hydrogen) atoms. The lowest BCUT2D eigenvalue weighted by Crippen LogP contribution is -2.14. The molecule has 0 unspecified atom stereocenters. The van der Waals surface area contributed by atoms with Gasteiger partial charge in [0.05, 0.1) is 23.3 Å². The Hall–Kier alpha value is -3.47. The maximum Gasteiger partial charge on any atom is 0.209 e. The number of aryl methyl sites for hydroxylation is 1. The van der Waals surface area contributed by atoms with Crippen LogP contribution in [0.2, 0.25) is 0 Å². The Labute approximate surface area is 144 Å². The van der Waals surface area contributed by atoms with Crippen LogP contribution in [-0.2, 0) is 0 Å². The highest BCUT2D eigenvalue weighted by molar-refractivity contribution is 5.57. The summed E-state index contributed by atoms with van der Waals surface area (Å²) in [6.07, 6.45) is 3.35. The molecule has 0 spiro atoms. The Bertz CT molecular complexity index is 1060. The summed E-state index contributed by atoms with van der Waals surface area (Å²) in [4.78, 5) is 12.4. The normalized spacial score (nSPS) is 10.8. The Morgan fingerprint density at radius 2 is 1.60 bits per heavy atom. The molecule has 0 saturated heterocycles. The summed E-state index contributed by atoms with van der Waals surface area (Å²) in [5.74, 6) is 0. The zero-order valence-corrected chi connectivity index (χ0v) is 13.7. The molecule has 0 bridgehead atoms. The van der Waals surface area contributed by atoms with Crippen LogP contribution in [0.3, 0.4) is 0 Å². The van der Waals surface area contributed by atoms with E-state index in [0.717, 1.165) is 11.4 Å². The summed E-state index contributed by atoms with van der Waals surface area (Å²) in [7, 11) is 0. The summed E-state index contributed by atoms with van der Waals surface area (Å²) >= 11 is 0. The minimum atomic E-state index is -0.138. The van der Waals surface area contributed by atoms with Gasteiger partial charge in [-0.1, -0.05) is 35.9 Å². The lowest BCUT2D eigenvalue weighted by molar-refractivity contribution is 0.822. The van der Waals surface area contributed by atoms with Gasteiger partial charge >= 0.3 is 0 Å². The minimum Gasteiger partial charge on any atom is -0.287 e. The first-order valence-corrected chi connectivity index (χ1v) is 7.99. The second-order valence-electron chi connectivity index (χ2n) is 5.77. The van der Waals surface area contributed by atoms with Crippen molar-refractivity contribution >= 4 is 0 Å². The summed E-state index contributed by atoms with van der Waals surface area (Å²) in [5.41, 5.74) is 3.85. The predicted molar refractivity (Wildman–Crippen MR) is 97.1 cm³/mol. The fourth-order valence-corrected chi connectivity index (χ4v) is 2.68. The number of para-hydroxylation sites is 1. The van der Waals surface area contributed by atoms with Crippen LogP contribution in [0.4, 0.5) is 0 Å². The third kappa shape index (κ3) is 2.87. The highest BCUT2D eigenvalue weighted by Gasteiger charge is 2.13. The number of benzene rings is 2. The fourth-order valence-electron chi connectivity index (χ4n) is 2.68. The lowest BCUT2D eigenvalue weighted by atomic mass is 10.2. The lowest BCUT2D eigenvalue weighted by Gasteiger charge is -2.10. The van der Waals surface area contributed by atoms with E-state index in [0.29, 0.717) is 11.4 Å². The maximum absolute atomic E-state index is 12.4. The summed E-state index contributed by atoms with van der Waals surface area (Å²) < 4.78 is 3.43. The molecule has 0 N–H and O–H groups in total. The van der Waals surface area contributed by atoms with E-state index in [1.165, 1.54) is 11.6 Å². The van der Waals surface area contributed by atoms with E-state index in [-0.39, 0.29) is 5.43 Å². The van der Waals surface area contributed by atoms with Gasteiger partial charge in [-0.3, -0.25) is 4.79 Å². The molecule has 2 heterocycles. The van der Waals surface area contributed by atoms with Crippen molar-refractivity contribution in [3.8, 4) is 22.8 Å². The van der Waals surface area contributed by atoms with Crippen LogP contribution in [0.25, 0.3) is 22.8 Å². The van der Waals surface area contributed by atoms with Gasteiger partial charge < -0.3 is 0 Å².